The molecule has 3 aromatic carbocycles. The Morgan fingerprint density at radius 1 is 0.921 bits per heavy atom. The third-order valence-corrected chi connectivity index (χ3v) is 6.10. The second-order valence-electron chi connectivity index (χ2n) is 7.89. The van der Waals surface area contributed by atoms with Crippen LogP contribution in [0.3, 0.4) is 0 Å². The lowest BCUT2D eigenvalue weighted by Gasteiger charge is -2.14. The summed E-state index contributed by atoms with van der Waals surface area (Å²) >= 11 is 3.41. The molecule has 3 aromatic rings. The van der Waals surface area contributed by atoms with Gasteiger partial charge in [0.1, 0.15) is 5.75 Å². The summed E-state index contributed by atoms with van der Waals surface area (Å²) < 4.78 is 38.4. The average molecular weight is 582 g/mol. The molecule has 0 amide bonds. The number of aliphatic imine (C=N–C) groups is 1. The van der Waals surface area contributed by atoms with Crippen LogP contribution in [0.4, 0.5) is 0 Å². The standard InChI is InChI=1S/C27H20BrNO9/c1-32-22-11-16(12-23(33-2)24(22)34-3)26(30)37-19-7-5-17(28)8-15(19)9-18-27(31)38-25(29-18)14-4-6-20-21(10-14)36-13-35-20/h4-12H,13H2,1-3H3/b18-9+. The van der Waals surface area contributed by atoms with Crippen LogP contribution >= 0.6 is 15.9 Å². The lowest BCUT2D eigenvalue weighted by Crippen LogP contribution is -2.10. The Bertz CT molecular complexity index is 1490. The van der Waals surface area contributed by atoms with Gasteiger partial charge in [-0.2, -0.15) is 0 Å². The molecule has 2 heterocycles. The Labute approximate surface area is 225 Å². The number of methoxy groups -OCH3 is 3. The maximum absolute atomic E-state index is 13.1. The number of carbonyl (C=O) groups excluding carboxylic acids is 2. The first-order valence-electron chi connectivity index (χ1n) is 11.1. The van der Waals surface area contributed by atoms with Crippen molar-refractivity contribution in [2.75, 3.05) is 28.1 Å². The smallest absolute Gasteiger partial charge is 0.363 e. The Morgan fingerprint density at radius 2 is 1.66 bits per heavy atom. The van der Waals surface area contributed by atoms with Crippen molar-refractivity contribution < 1.29 is 42.7 Å². The number of nitrogens with zero attached hydrogens (tertiary/aromatic N) is 1. The number of ether oxygens (including phenoxy) is 7. The predicted octanol–water partition coefficient (Wildman–Crippen LogP) is 4.77. The first-order valence-corrected chi connectivity index (χ1v) is 11.9. The number of hydrogen-bond acceptors (Lipinski definition) is 10. The first-order chi connectivity index (χ1) is 18.4. The zero-order valence-corrected chi connectivity index (χ0v) is 22.0. The van der Waals surface area contributed by atoms with Crippen LogP contribution in [0.1, 0.15) is 21.5 Å². The SMILES string of the molecule is COc1cc(C(=O)Oc2ccc(Br)cc2/C=C2/N=C(c3ccc4c(c3)OCO4)OC2=O)cc(OC)c1OC. The molecule has 11 heteroatoms. The quantitative estimate of drug-likeness (QED) is 0.221. The van der Waals surface area contributed by atoms with Gasteiger partial charge in [0.05, 0.1) is 26.9 Å². The van der Waals surface area contributed by atoms with E-state index in [1.807, 2.05) is 0 Å². The molecule has 0 bridgehead atoms. The largest absolute Gasteiger partial charge is 0.493 e. The molecule has 0 atom stereocenters. The molecule has 5 rings (SSSR count). The molecule has 2 aliphatic heterocycles. The zero-order valence-electron chi connectivity index (χ0n) is 20.4. The normalized spacial score (nSPS) is 14.7. The number of rotatable bonds is 7. The Kier molecular flexibility index (Phi) is 6.93. The number of carbonyl (C=O) groups is 2. The third kappa shape index (κ3) is 4.88. The van der Waals surface area contributed by atoms with E-state index in [9.17, 15) is 9.59 Å². The molecule has 0 aliphatic carbocycles. The lowest BCUT2D eigenvalue weighted by molar-refractivity contribution is -0.129. The van der Waals surface area contributed by atoms with Crippen LogP contribution in [0.25, 0.3) is 6.08 Å². The van der Waals surface area contributed by atoms with E-state index in [4.69, 9.17) is 33.2 Å². The fourth-order valence-corrected chi connectivity index (χ4v) is 4.17. The topological polar surface area (TPSA) is 111 Å². The van der Waals surface area contributed by atoms with E-state index >= 15 is 0 Å². The summed E-state index contributed by atoms with van der Waals surface area (Å²) in [6, 6.07) is 13.1. The van der Waals surface area contributed by atoms with Crippen molar-refractivity contribution in [3.8, 4) is 34.5 Å². The molecule has 38 heavy (non-hydrogen) atoms. The fraction of sp³-hybridized carbons (Fsp3) is 0.148. The zero-order chi connectivity index (χ0) is 26.8. The van der Waals surface area contributed by atoms with E-state index in [0.717, 1.165) is 0 Å². The number of benzene rings is 3. The molecule has 0 spiro atoms. The van der Waals surface area contributed by atoms with E-state index in [0.29, 0.717) is 44.3 Å². The summed E-state index contributed by atoms with van der Waals surface area (Å²) in [5, 5.41) is 0. The van der Waals surface area contributed by atoms with Crippen molar-refractivity contribution in [1.82, 2.24) is 0 Å². The summed E-state index contributed by atoms with van der Waals surface area (Å²) in [7, 11) is 4.36. The summed E-state index contributed by atoms with van der Waals surface area (Å²) in [5.74, 6) is 1.06. The predicted molar refractivity (Wildman–Crippen MR) is 138 cm³/mol. The van der Waals surface area contributed by atoms with Crippen LogP contribution in [-0.2, 0) is 9.53 Å². The van der Waals surface area contributed by atoms with Crippen LogP contribution < -0.4 is 28.4 Å². The van der Waals surface area contributed by atoms with Crippen molar-refractivity contribution >= 4 is 39.8 Å². The van der Waals surface area contributed by atoms with Gasteiger partial charge in [-0.25, -0.2) is 14.6 Å². The Morgan fingerprint density at radius 3 is 2.37 bits per heavy atom. The molecule has 194 valence electrons. The second kappa shape index (κ2) is 10.5. The van der Waals surface area contributed by atoms with Crippen LogP contribution in [0, 0.1) is 0 Å². The van der Waals surface area contributed by atoms with Gasteiger partial charge in [-0.05, 0) is 54.6 Å². The highest BCUT2D eigenvalue weighted by Gasteiger charge is 2.27. The summed E-state index contributed by atoms with van der Waals surface area (Å²) in [4.78, 5) is 30.0. The van der Waals surface area contributed by atoms with Gasteiger partial charge in [0.2, 0.25) is 18.4 Å². The fourth-order valence-electron chi connectivity index (χ4n) is 3.79. The van der Waals surface area contributed by atoms with Crippen LogP contribution in [0.2, 0.25) is 0 Å². The highest BCUT2D eigenvalue weighted by Crippen LogP contribution is 2.39. The average Bonchev–Trinajstić information content (AvgIpc) is 3.55. The minimum absolute atomic E-state index is 0.0286. The Hall–Kier alpha value is -4.51. The van der Waals surface area contributed by atoms with Gasteiger partial charge in [0.25, 0.3) is 0 Å². The van der Waals surface area contributed by atoms with E-state index < -0.39 is 11.9 Å². The molecule has 0 N–H and O–H groups in total. The minimum Gasteiger partial charge on any atom is -0.493 e. The number of hydrogen-bond donors (Lipinski definition) is 0. The number of halogens is 1. The Balaban J connectivity index is 1.45. The van der Waals surface area contributed by atoms with Gasteiger partial charge in [-0.3, -0.25) is 0 Å². The van der Waals surface area contributed by atoms with E-state index in [1.54, 1.807) is 36.4 Å². The maximum Gasteiger partial charge on any atom is 0.363 e. The first kappa shape index (κ1) is 25.2. The van der Waals surface area contributed by atoms with E-state index in [2.05, 4.69) is 20.9 Å². The molecule has 0 aromatic heterocycles. The van der Waals surface area contributed by atoms with Crippen molar-refractivity contribution in [2.24, 2.45) is 4.99 Å². The highest BCUT2D eigenvalue weighted by atomic mass is 79.9. The molecule has 2 aliphatic rings. The van der Waals surface area contributed by atoms with Gasteiger partial charge < -0.3 is 33.2 Å². The van der Waals surface area contributed by atoms with Crippen molar-refractivity contribution in [3.63, 3.8) is 0 Å². The van der Waals surface area contributed by atoms with Crippen molar-refractivity contribution in [3.05, 3.63) is 75.4 Å². The van der Waals surface area contributed by atoms with Crippen molar-refractivity contribution in [1.29, 1.82) is 0 Å². The van der Waals surface area contributed by atoms with Crippen molar-refractivity contribution in [2.45, 2.75) is 0 Å². The molecular formula is C27H20BrNO9. The summed E-state index contributed by atoms with van der Waals surface area (Å²) in [6.45, 7) is 0.122. The van der Waals surface area contributed by atoms with Crippen LogP contribution in [0.5, 0.6) is 34.5 Å². The molecule has 10 nitrogen and oxygen atoms in total. The lowest BCUT2D eigenvalue weighted by atomic mass is 10.1. The molecule has 0 radical (unpaired) electrons. The van der Waals surface area contributed by atoms with E-state index in [-0.39, 0.29) is 29.7 Å². The molecule has 0 unspecified atom stereocenters. The van der Waals surface area contributed by atoms with Gasteiger partial charge >= 0.3 is 11.9 Å². The van der Waals surface area contributed by atoms with E-state index in [1.165, 1.54) is 39.5 Å². The number of cyclic esters (lactones) is 1. The molecule has 0 saturated carbocycles. The highest BCUT2D eigenvalue weighted by molar-refractivity contribution is 9.10. The minimum atomic E-state index is -0.676. The van der Waals surface area contributed by atoms with Gasteiger partial charge in [0.15, 0.2) is 28.7 Å². The number of fused-ring (bicyclic) bond motifs is 1. The molecule has 0 saturated heterocycles. The van der Waals surface area contributed by atoms with Gasteiger partial charge in [0, 0.05) is 15.6 Å². The van der Waals surface area contributed by atoms with Crippen LogP contribution in [0.15, 0.2) is 63.7 Å². The summed E-state index contributed by atoms with van der Waals surface area (Å²) in [5.41, 5.74) is 1.17. The molecular weight excluding hydrogens is 562 g/mol. The monoisotopic (exact) mass is 581 g/mol. The second-order valence-corrected chi connectivity index (χ2v) is 8.81. The maximum atomic E-state index is 13.1. The number of esters is 2. The van der Waals surface area contributed by atoms with Crippen LogP contribution in [-0.4, -0.2) is 46.0 Å². The third-order valence-electron chi connectivity index (χ3n) is 5.61. The summed E-state index contributed by atoms with van der Waals surface area (Å²) in [6.07, 6.45) is 1.48. The van der Waals surface area contributed by atoms with Gasteiger partial charge in [-0.15, -0.1) is 0 Å². The molecule has 0 fully saturated rings. The van der Waals surface area contributed by atoms with Gasteiger partial charge in [-0.1, -0.05) is 15.9 Å².